The summed E-state index contributed by atoms with van der Waals surface area (Å²) in [5.74, 6) is -1.34. The van der Waals surface area contributed by atoms with Crippen LogP contribution in [0, 0.1) is 18.6 Å². The van der Waals surface area contributed by atoms with Crippen LogP contribution in [-0.4, -0.2) is 5.11 Å². The molecule has 0 aliphatic carbocycles. The Hall–Kier alpha value is -1.72. The molecule has 0 bridgehead atoms. The standard InChI is InChI=1S/C14H11ClF2N2S/c1-8-2-3-9(15)4-13(8)19-14(20)18-12-6-10(16)5-11(17)7-12/h2-7H,1H3,(H2,18,19,20). The highest BCUT2D eigenvalue weighted by molar-refractivity contribution is 7.80. The third-order valence-corrected chi connectivity index (χ3v) is 3.01. The lowest BCUT2D eigenvalue weighted by Crippen LogP contribution is -2.19. The molecular weight excluding hydrogens is 302 g/mol. The van der Waals surface area contributed by atoms with Gasteiger partial charge < -0.3 is 10.6 Å². The van der Waals surface area contributed by atoms with Crippen molar-refractivity contribution in [2.24, 2.45) is 0 Å². The van der Waals surface area contributed by atoms with E-state index in [0.717, 1.165) is 29.4 Å². The molecule has 2 N–H and O–H groups in total. The van der Waals surface area contributed by atoms with E-state index in [9.17, 15) is 8.78 Å². The number of rotatable bonds is 2. The zero-order chi connectivity index (χ0) is 14.7. The van der Waals surface area contributed by atoms with Crippen LogP contribution in [0.4, 0.5) is 20.2 Å². The molecular formula is C14H11ClF2N2S. The van der Waals surface area contributed by atoms with Crippen LogP contribution >= 0.6 is 23.8 Å². The van der Waals surface area contributed by atoms with Gasteiger partial charge in [-0.2, -0.15) is 0 Å². The number of hydrogen-bond acceptors (Lipinski definition) is 1. The van der Waals surface area contributed by atoms with Crippen molar-refractivity contribution in [1.82, 2.24) is 0 Å². The Morgan fingerprint density at radius 3 is 2.35 bits per heavy atom. The Morgan fingerprint density at radius 1 is 1.05 bits per heavy atom. The number of anilines is 2. The SMILES string of the molecule is Cc1ccc(Cl)cc1NC(=S)Nc1cc(F)cc(F)c1. The monoisotopic (exact) mass is 312 g/mol. The molecule has 0 saturated carbocycles. The lowest BCUT2D eigenvalue weighted by molar-refractivity contribution is 0.584. The van der Waals surface area contributed by atoms with Crippen molar-refractivity contribution in [3.05, 3.63) is 58.6 Å². The zero-order valence-corrected chi connectivity index (χ0v) is 12.1. The molecule has 2 aromatic carbocycles. The fourth-order valence-electron chi connectivity index (χ4n) is 1.64. The molecule has 2 nitrogen and oxygen atoms in total. The second kappa shape index (κ2) is 6.15. The van der Waals surface area contributed by atoms with E-state index in [1.165, 1.54) is 0 Å². The van der Waals surface area contributed by atoms with Crippen molar-refractivity contribution in [1.29, 1.82) is 0 Å². The Morgan fingerprint density at radius 2 is 1.70 bits per heavy atom. The average Bonchev–Trinajstić information content (AvgIpc) is 2.32. The highest BCUT2D eigenvalue weighted by Gasteiger charge is 2.05. The number of aryl methyl sites for hydroxylation is 1. The summed E-state index contributed by atoms with van der Waals surface area (Å²) in [6.45, 7) is 1.89. The fourth-order valence-corrected chi connectivity index (χ4v) is 2.04. The van der Waals surface area contributed by atoms with E-state index in [4.69, 9.17) is 23.8 Å². The molecule has 6 heteroatoms. The summed E-state index contributed by atoms with van der Waals surface area (Å²) >= 11 is 11.0. The van der Waals surface area contributed by atoms with E-state index >= 15 is 0 Å². The number of nitrogens with one attached hydrogen (secondary N) is 2. The van der Waals surface area contributed by atoms with Crippen LogP contribution in [0.15, 0.2) is 36.4 Å². The minimum absolute atomic E-state index is 0.223. The van der Waals surface area contributed by atoms with Gasteiger partial charge in [-0.1, -0.05) is 17.7 Å². The van der Waals surface area contributed by atoms with E-state index in [1.54, 1.807) is 12.1 Å². The molecule has 0 amide bonds. The summed E-state index contributed by atoms with van der Waals surface area (Å²) in [6, 6.07) is 8.43. The molecule has 0 heterocycles. The van der Waals surface area contributed by atoms with Gasteiger partial charge in [0.2, 0.25) is 0 Å². The number of hydrogen-bond donors (Lipinski definition) is 2. The van der Waals surface area contributed by atoms with Crippen molar-refractivity contribution >= 4 is 40.3 Å². The van der Waals surface area contributed by atoms with Crippen LogP contribution in [0.25, 0.3) is 0 Å². The molecule has 20 heavy (non-hydrogen) atoms. The maximum Gasteiger partial charge on any atom is 0.175 e. The van der Waals surface area contributed by atoms with Crippen LogP contribution in [-0.2, 0) is 0 Å². The first-order valence-electron chi connectivity index (χ1n) is 5.74. The number of thiocarbonyl (C=S) groups is 1. The van der Waals surface area contributed by atoms with Gasteiger partial charge in [0.25, 0.3) is 0 Å². The Balaban J connectivity index is 2.11. The molecule has 2 rings (SSSR count). The van der Waals surface area contributed by atoms with Gasteiger partial charge in [-0.15, -0.1) is 0 Å². The van der Waals surface area contributed by atoms with Gasteiger partial charge in [0.15, 0.2) is 5.11 Å². The van der Waals surface area contributed by atoms with E-state index < -0.39 is 11.6 Å². The van der Waals surface area contributed by atoms with Crippen LogP contribution in [0.1, 0.15) is 5.56 Å². The van der Waals surface area contributed by atoms with Gasteiger partial charge in [0.1, 0.15) is 11.6 Å². The Kier molecular flexibility index (Phi) is 4.52. The molecule has 104 valence electrons. The van der Waals surface area contributed by atoms with Gasteiger partial charge in [-0.3, -0.25) is 0 Å². The molecule has 0 unspecified atom stereocenters. The van der Waals surface area contributed by atoms with Crippen LogP contribution in [0.2, 0.25) is 5.02 Å². The molecule has 0 radical (unpaired) electrons. The quantitative estimate of drug-likeness (QED) is 0.784. The molecule has 0 spiro atoms. The molecule has 2 aromatic rings. The van der Waals surface area contributed by atoms with Crippen molar-refractivity contribution in [3.8, 4) is 0 Å². The largest absolute Gasteiger partial charge is 0.332 e. The van der Waals surface area contributed by atoms with Gasteiger partial charge in [-0.25, -0.2) is 8.78 Å². The second-order valence-corrected chi connectivity index (χ2v) is 5.04. The summed E-state index contributed by atoms with van der Waals surface area (Å²) < 4.78 is 26.1. The first-order chi connectivity index (χ1) is 9.44. The third-order valence-electron chi connectivity index (χ3n) is 2.57. The van der Waals surface area contributed by atoms with Crippen LogP contribution in [0.5, 0.6) is 0 Å². The molecule has 0 atom stereocenters. The van der Waals surface area contributed by atoms with Crippen molar-refractivity contribution in [2.75, 3.05) is 10.6 Å². The Bertz CT molecular complexity index is 641. The van der Waals surface area contributed by atoms with Gasteiger partial charge >= 0.3 is 0 Å². The topological polar surface area (TPSA) is 24.1 Å². The maximum atomic E-state index is 13.1. The first kappa shape index (κ1) is 14.7. The van der Waals surface area contributed by atoms with E-state index in [-0.39, 0.29) is 10.8 Å². The van der Waals surface area contributed by atoms with E-state index in [2.05, 4.69) is 10.6 Å². The Labute approximate surface area is 125 Å². The first-order valence-corrected chi connectivity index (χ1v) is 6.53. The summed E-state index contributed by atoms with van der Waals surface area (Å²) in [7, 11) is 0. The highest BCUT2D eigenvalue weighted by atomic mass is 35.5. The highest BCUT2D eigenvalue weighted by Crippen LogP contribution is 2.20. The summed E-state index contributed by atoms with van der Waals surface area (Å²) in [5.41, 5.74) is 1.91. The lowest BCUT2D eigenvalue weighted by Gasteiger charge is -2.13. The summed E-state index contributed by atoms with van der Waals surface area (Å²) in [6.07, 6.45) is 0. The second-order valence-electron chi connectivity index (χ2n) is 4.20. The number of halogens is 3. The van der Waals surface area contributed by atoms with E-state index in [1.807, 2.05) is 13.0 Å². The smallest absolute Gasteiger partial charge is 0.175 e. The minimum atomic E-state index is -0.672. The zero-order valence-electron chi connectivity index (χ0n) is 10.5. The molecule has 0 aliphatic heterocycles. The van der Waals surface area contributed by atoms with Gasteiger partial charge in [0.05, 0.1) is 0 Å². The average molecular weight is 313 g/mol. The third kappa shape index (κ3) is 3.88. The summed E-state index contributed by atoms with van der Waals surface area (Å²) in [4.78, 5) is 0. The summed E-state index contributed by atoms with van der Waals surface area (Å²) in [5, 5.41) is 6.44. The van der Waals surface area contributed by atoms with E-state index in [0.29, 0.717) is 5.02 Å². The molecule has 0 saturated heterocycles. The lowest BCUT2D eigenvalue weighted by atomic mass is 10.2. The number of benzene rings is 2. The molecule has 0 fully saturated rings. The predicted octanol–water partition coefficient (Wildman–Crippen LogP) is 4.74. The van der Waals surface area contributed by atoms with Crippen molar-refractivity contribution in [2.45, 2.75) is 6.92 Å². The normalized spacial score (nSPS) is 10.2. The maximum absolute atomic E-state index is 13.1. The van der Waals surface area contributed by atoms with Crippen molar-refractivity contribution in [3.63, 3.8) is 0 Å². The predicted molar refractivity (Wildman–Crippen MR) is 82.4 cm³/mol. The molecule has 0 aromatic heterocycles. The van der Waals surface area contributed by atoms with Crippen LogP contribution in [0.3, 0.4) is 0 Å². The van der Waals surface area contributed by atoms with Gasteiger partial charge in [-0.05, 0) is 49.0 Å². The van der Waals surface area contributed by atoms with Gasteiger partial charge in [0, 0.05) is 22.5 Å². The molecule has 0 aliphatic rings. The minimum Gasteiger partial charge on any atom is -0.332 e. The van der Waals surface area contributed by atoms with Crippen molar-refractivity contribution < 1.29 is 8.78 Å². The van der Waals surface area contributed by atoms with Crippen LogP contribution < -0.4 is 10.6 Å². The fraction of sp³-hybridized carbons (Fsp3) is 0.0714.